The Morgan fingerprint density at radius 1 is 1.03 bits per heavy atom. The number of nitrogens with zero attached hydrogens (tertiary/aromatic N) is 1. The average Bonchev–Trinajstić information content (AvgIpc) is 3.05. The lowest BCUT2D eigenvalue weighted by Gasteiger charge is -2.27. The van der Waals surface area contributed by atoms with Crippen molar-refractivity contribution in [3.05, 3.63) is 89.7 Å². The molecule has 3 N–H and O–H groups in total. The monoisotopic (exact) mass is 444 g/mol. The Labute approximate surface area is 176 Å². The zero-order valence-corrected chi connectivity index (χ0v) is 17.4. The SMILES string of the molecule is O=C(NCc1ccncc1)c1cccc2c1C(S(=O)(=O)c1ccccc1)CS2(O)O. The molecule has 0 saturated carbocycles. The van der Waals surface area contributed by atoms with Crippen molar-refractivity contribution in [3.63, 3.8) is 0 Å². The van der Waals surface area contributed by atoms with Gasteiger partial charge < -0.3 is 5.32 Å². The summed E-state index contributed by atoms with van der Waals surface area (Å²) in [7, 11) is -7.27. The second kappa shape index (κ2) is 7.84. The minimum absolute atomic E-state index is 0.0741. The Kier molecular flexibility index (Phi) is 5.37. The highest BCUT2D eigenvalue weighted by molar-refractivity contribution is 8.25. The van der Waals surface area contributed by atoms with Crippen LogP contribution in [0, 0.1) is 0 Å². The predicted octanol–water partition coefficient (Wildman–Crippen LogP) is 3.65. The molecule has 7 nitrogen and oxygen atoms in total. The molecule has 1 aliphatic rings. The van der Waals surface area contributed by atoms with E-state index in [0.29, 0.717) is 0 Å². The van der Waals surface area contributed by atoms with Gasteiger partial charge in [0.05, 0.1) is 15.5 Å². The molecule has 0 spiro atoms. The highest BCUT2D eigenvalue weighted by atomic mass is 32.3. The number of carbonyl (C=O) groups excluding carboxylic acids is 1. The van der Waals surface area contributed by atoms with Crippen molar-refractivity contribution in [3.8, 4) is 0 Å². The number of aromatic nitrogens is 1. The molecule has 0 bridgehead atoms. The van der Waals surface area contributed by atoms with Crippen LogP contribution in [0.25, 0.3) is 0 Å². The molecule has 30 heavy (non-hydrogen) atoms. The summed E-state index contributed by atoms with van der Waals surface area (Å²) in [5.41, 5.74) is 1.13. The first-order chi connectivity index (χ1) is 14.3. The summed E-state index contributed by atoms with van der Waals surface area (Å²) in [6.07, 6.45) is 3.22. The third-order valence-corrected chi connectivity index (χ3v) is 9.17. The standard InChI is InChI=1S/C21H20N2O5S2/c24-21(23-13-15-9-11-22-12-10-15)17-7-4-8-18-20(17)19(14-29(18,25)26)30(27,28)16-5-2-1-3-6-16/h1-12,19,25-26H,13-14H2,(H,23,24). The van der Waals surface area contributed by atoms with Gasteiger partial charge in [-0.2, -0.15) is 10.6 Å². The van der Waals surface area contributed by atoms with Crippen LogP contribution in [-0.4, -0.2) is 34.2 Å². The second-order valence-corrected chi connectivity index (χ2v) is 11.2. The van der Waals surface area contributed by atoms with Gasteiger partial charge in [0.25, 0.3) is 5.91 Å². The quantitative estimate of drug-likeness (QED) is 0.553. The lowest BCUT2D eigenvalue weighted by molar-refractivity contribution is 0.0949. The molecule has 1 amide bonds. The van der Waals surface area contributed by atoms with E-state index in [2.05, 4.69) is 10.3 Å². The maximum absolute atomic E-state index is 13.3. The third kappa shape index (κ3) is 3.72. The normalized spacial score (nSPS) is 18.4. The molecule has 4 rings (SSSR count). The van der Waals surface area contributed by atoms with E-state index >= 15 is 0 Å². The number of hydrogen-bond donors (Lipinski definition) is 3. The van der Waals surface area contributed by atoms with Crippen LogP contribution < -0.4 is 5.32 Å². The Hall–Kier alpha value is -2.72. The Morgan fingerprint density at radius 3 is 2.43 bits per heavy atom. The zero-order valence-electron chi connectivity index (χ0n) is 15.8. The summed E-state index contributed by atoms with van der Waals surface area (Å²) < 4.78 is 47.7. The van der Waals surface area contributed by atoms with Crippen molar-refractivity contribution in [1.29, 1.82) is 0 Å². The van der Waals surface area contributed by atoms with Crippen molar-refractivity contribution in [2.75, 3.05) is 5.75 Å². The van der Waals surface area contributed by atoms with Crippen LogP contribution in [0.2, 0.25) is 0 Å². The van der Waals surface area contributed by atoms with Crippen molar-refractivity contribution in [1.82, 2.24) is 10.3 Å². The summed E-state index contributed by atoms with van der Waals surface area (Å²) in [6.45, 7) is 0.234. The summed E-state index contributed by atoms with van der Waals surface area (Å²) in [4.78, 5) is 17.0. The molecule has 1 atom stereocenters. The molecule has 1 unspecified atom stereocenters. The van der Waals surface area contributed by atoms with E-state index in [9.17, 15) is 22.3 Å². The van der Waals surface area contributed by atoms with Gasteiger partial charge in [0.2, 0.25) is 0 Å². The van der Waals surface area contributed by atoms with Crippen LogP contribution in [0.3, 0.4) is 0 Å². The van der Waals surface area contributed by atoms with Crippen LogP contribution in [0.4, 0.5) is 0 Å². The summed E-state index contributed by atoms with van der Waals surface area (Å²) in [5, 5.41) is 1.55. The average molecular weight is 445 g/mol. The number of fused-ring (bicyclic) bond motifs is 1. The molecule has 0 saturated heterocycles. The summed E-state index contributed by atoms with van der Waals surface area (Å²) in [6, 6.07) is 15.9. The number of sulfone groups is 1. The van der Waals surface area contributed by atoms with Crippen molar-refractivity contribution in [2.45, 2.75) is 21.6 Å². The van der Waals surface area contributed by atoms with Gasteiger partial charge in [-0.1, -0.05) is 24.3 Å². The van der Waals surface area contributed by atoms with Gasteiger partial charge in [0.1, 0.15) is 5.25 Å². The zero-order chi connectivity index (χ0) is 21.4. The van der Waals surface area contributed by atoms with Gasteiger partial charge in [0, 0.05) is 30.1 Å². The number of nitrogens with one attached hydrogen (secondary N) is 1. The molecule has 9 heteroatoms. The lowest BCUT2D eigenvalue weighted by atomic mass is 10.0. The van der Waals surface area contributed by atoms with Crippen molar-refractivity contribution < 1.29 is 22.3 Å². The third-order valence-electron chi connectivity index (χ3n) is 5.02. The predicted molar refractivity (Wildman–Crippen MR) is 114 cm³/mol. The highest BCUT2D eigenvalue weighted by Gasteiger charge is 2.45. The van der Waals surface area contributed by atoms with Gasteiger partial charge in [-0.25, -0.2) is 8.42 Å². The summed E-state index contributed by atoms with van der Waals surface area (Å²) >= 11 is 0. The number of benzene rings is 2. The van der Waals surface area contributed by atoms with Crippen LogP contribution in [0.5, 0.6) is 0 Å². The molecule has 1 aromatic heterocycles. The first kappa shape index (κ1) is 20.5. The molecular weight excluding hydrogens is 424 g/mol. The molecule has 2 heterocycles. The lowest BCUT2D eigenvalue weighted by Crippen LogP contribution is -2.25. The number of hydrogen-bond acceptors (Lipinski definition) is 6. The van der Waals surface area contributed by atoms with E-state index in [0.717, 1.165) is 5.56 Å². The molecule has 0 aliphatic carbocycles. The Balaban J connectivity index is 1.74. The fourth-order valence-corrected chi connectivity index (χ4v) is 8.00. The van der Waals surface area contributed by atoms with Crippen molar-refractivity contribution in [2.24, 2.45) is 0 Å². The van der Waals surface area contributed by atoms with E-state index < -0.39 is 31.6 Å². The summed E-state index contributed by atoms with van der Waals surface area (Å²) in [5.74, 6) is -0.845. The van der Waals surface area contributed by atoms with E-state index in [-0.39, 0.29) is 33.2 Å². The van der Waals surface area contributed by atoms with E-state index in [4.69, 9.17) is 0 Å². The van der Waals surface area contributed by atoms with Gasteiger partial charge in [-0.05, 0) is 42.0 Å². The van der Waals surface area contributed by atoms with Gasteiger partial charge >= 0.3 is 0 Å². The first-order valence-electron chi connectivity index (χ1n) is 9.15. The van der Waals surface area contributed by atoms with E-state index in [1.54, 1.807) is 42.7 Å². The minimum Gasteiger partial charge on any atom is -0.348 e. The Morgan fingerprint density at radius 2 is 1.73 bits per heavy atom. The fourth-order valence-electron chi connectivity index (χ4n) is 3.54. The molecule has 2 aromatic carbocycles. The minimum atomic E-state index is -3.93. The number of amides is 1. The fraction of sp³-hybridized carbons (Fsp3) is 0.143. The maximum Gasteiger partial charge on any atom is 0.251 e. The molecule has 0 fully saturated rings. The van der Waals surface area contributed by atoms with Gasteiger partial charge in [-0.15, -0.1) is 0 Å². The van der Waals surface area contributed by atoms with Crippen molar-refractivity contribution >= 4 is 26.3 Å². The van der Waals surface area contributed by atoms with E-state index in [1.807, 2.05) is 0 Å². The largest absolute Gasteiger partial charge is 0.348 e. The maximum atomic E-state index is 13.3. The van der Waals surface area contributed by atoms with Crippen LogP contribution in [-0.2, 0) is 16.4 Å². The Bertz CT molecular complexity index is 1180. The molecule has 0 radical (unpaired) electrons. The molecule has 3 aromatic rings. The smallest absolute Gasteiger partial charge is 0.251 e. The molecule has 156 valence electrons. The number of carbonyl (C=O) groups is 1. The van der Waals surface area contributed by atoms with E-state index in [1.165, 1.54) is 30.3 Å². The van der Waals surface area contributed by atoms with Crippen LogP contribution >= 0.6 is 10.6 Å². The highest BCUT2D eigenvalue weighted by Crippen LogP contribution is 2.62. The number of pyridine rings is 1. The van der Waals surface area contributed by atoms with Gasteiger partial charge in [0.15, 0.2) is 9.84 Å². The topological polar surface area (TPSA) is 117 Å². The van der Waals surface area contributed by atoms with Crippen LogP contribution in [0.15, 0.2) is 82.8 Å². The van der Waals surface area contributed by atoms with Gasteiger partial charge in [-0.3, -0.25) is 18.9 Å². The first-order valence-corrected chi connectivity index (χ1v) is 12.4. The number of rotatable bonds is 5. The second-order valence-electron chi connectivity index (χ2n) is 6.94. The molecular formula is C21H20N2O5S2. The van der Waals surface area contributed by atoms with Crippen LogP contribution in [0.1, 0.15) is 26.7 Å². The molecule has 1 aliphatic heterocycles.